The second kappa shape index (κ2) is 13.0. The molecule has 1 atom stereocenters. The van der Waals surface area contributed by atoms with Crippen molar-refractivity contribution >= 4 is 39.1 Å². The van der Waals surface area contributed by atoms with Crippen LogP contribution in [0.5, 0.6) is 11.5 Å². The van der Waals surface area contributed by atoms with E-state index in [9.17, 15) is 18.0 Å². The Hall–Kier alpha value is -3.76. The lowest BCUT2D eigenvalue weighted by atomic mass is 10.0. The van der Waals surface area contributed by atoms with Crippen LogP contribution in [0.3, 0.4) is 0 Å². The van der Waals surface area contributed by atoms with Crippen LogP contribution in [0.2, 0.25) is 5.02 Å². The Bertz CT molecular complexity index is 1530. The fourth-order valence-corrected chi connectivity index (χ4v) is 6.42. The number of benzene rings is 3. The minimum Gasteiger partial charge on any atom is -0.454 e. The van der Waals surface area contributed by atoms with E-state index in [4.69, 9.17) is 21.1 Å². The lowest BCUT2D eigenvalue weighted by Gasteiger charge is -2.34. The molecule has 1 N–H and O–H groups in total. The summed E-state index contributed by atoms with van der Waals surface area (Å²) in [6, 6.07) is 20.4. The summed E-state index contributed by atoms with van der Waals surface area (Å²) in [5.41, 5.74) is 1.77. The third-order valence-electron chi connectivity index (χ3n) is 7.59. The van der Waals surface area contributed by atoms with Crippen molar-refractivity contribution in [2.75, 3.05) is 23.9 Å². The molecule has 0 saturated heterocycles. The lowest BCUT2D eigenvalue weighted by Crippen LogP contribution is -2.54. The zero-order valence-corrected chi connectivity index (χ0v) is 24.9. The van der Waals surface area contributed by atoms with Gasteiger partial charge < -0.3 is 19.7 Å². The van der Waals surface area contributed by atoms with E-state index in [0.717, 1.165) is 41.8 Å². The molecule has 11 heteroatoms. The lowest BCUT2D eigenvalue weighted by molar-refractivity contribution is -0.140. The maximum atomic E-state index is 14.2. The van der Waals surface area contributed by atoms with E-state index in [1.54, 1.807) is 30.3 Å². The van der Waals surface area contributed by atoms with Crippen molar-refractivity contribution in [2.24, 2.45) is 0 Å². The zero-order chi connectivity index (χ0) is 29.7. The number of carbonyl (C=O) groups excluding carboxylic acids is 2. The first kappa shape index (κ1) is 29.7. The first-order chi connectivity index (χ1) is 20.2. The number of nitrogens with one attached hydrogen (secondary N) is 1. The van der Waals surface area contributed by atoms with E-state index in [1.165, 1.54) is 11.0 Å². The average molecular weight is 612 g/mol. The van der Waals surface area contributed by atoms with E-state index >= 15 is 0 Å². The van der Waals surface area contributed by atoms with Crippen molar-refractivity contribution in [3.63, 3.8) is 0 Å². The molecule has 0 aromatic heterocycles. The smallest absolute Gasteiger partial charge is 0.244 e. The highest BCUT2D eigenvalue weighted by atomic mass is 35.5. The number of anilines is 1. The number of halogens is 1. The van der Waals surface area contributed by atoms with E-state index in [2.05, 4.69) is 5.32 Å². The van der Waals surface area contributed by atoms with Crippen LogP contribution in [0.1, 0.15) is 36.8 Å². The molecule has 1 heterocycles. The maximum Gasteiger partial charge on any atom is 0.244 e. The topological polar surface area (TPSA) is 105 Å². The number of nitrogens with zero attached hydrogens (tertiary/aromatic N) is 2. The third kappa shape index (κ3) is 7.17. The Morgan fingerprint density at radius 3 is 2.38 bits per heavy atom. The number of hydrogen-bond donors (Lipinski definition) is 1. The number of sulfonamides is 1. The molecule has 9 nitrogen and oxygen atoms in total. The molecular weight excluding hydrogens is 578 g/mol. The van der Waals surface area contributed by atoms with E-state index in [0.29, 0.717) is 22.1 Å². The molecule has 42 heavy (non-hydrogen) atoms. The standard InChI is InChI=1S/C31H34ClN3O6S/c1-42(38,39)35(25-15-16-28-29(18-25)41-21-40-28)20-30(36)34(19-23-11-5-8-14-26(23)32)27(17-22-9-3-2-4-10-22)31(37)33-24-12-6-7-13-24/h2-5,8-11,14-16,18,24,27H,6-7,12-13,17,19-21H2,1H3,(H,33,37)/t27-/m0/s1. The molecule has 2 amide bonds. The fourth-order valence-electron chi connectivity index (χ4n) is 5.39. The predicted octanol–water partition coefficient (Wildman–Crippen LogP) is 4.53. The van der Waals surface area contributed by atoms with Crippen LogP contribution in [-0.4, -0.2) is 56.8 Å². The highest BCUT2D eigenvalue weighted by Crippen LogP contribution is 2.36. The van der Waals surface area contributed by atoms with Crippen LogP contribution in [-0.2, 0) is 32.6 Å². The maximum absolute atomic E-state index is 14.2. The predicted molar refractivity (Wildman–Crippen MR) is 161 cm³/mol. The van der Waals surface area contributed by atoms with Gasteiger partial charge in [0.25, 0.3) is 0 Å². The van der Waals surface area contributed by atoms with Gasteiger partial charge in [-0.05, 0) is 42.2 Å². The van der Waals surface area contributed by atoms with Crippen molar-refractivity contribution in [3.8, 4) is 11.5 Å². The van der Waals surface area contributed by atoms with Gasteiger partial charge in [-0.15, -0.1) is 0 Å². The van der Waals surface area contributed by atoms with Gasteiger partial charge in [-0.25, -0.2) is 8.42 Å². The highest BCUT2D eigenvalue weighted by Gasteiger charge is 2.35. The molecule has 1 saturated carbocycles. The van der Waals surface area contributed by atoms with Crippen LogP contribution in [0.15, 0.2) is 72.8 Å². The molecular formula is C31H34ClN3O6S. The number of amides is 2. The molecule has 1 aliphatic heterocycles. The summed E-state index contributed by atoms with van der Waals surface area (Å²) >= 11 is 6.51. The summed E-state index contributed by atoms with van der Waals surface area (Å²) in [7, 11) is -3.91. The quantitative estimate of drug-likeness (QED) is 0.342. The first-order valence-corrected chi connectivity index (χ1v) is 16.2. The summed E-state index contributed by atoms with van der Waals surface area (Å²) in [4.78, 5) is 29.6. The van der Waals surface area contributed by atoms with Crippen LogP contribution in [0, 0.1) is 0 Å². The molecule has 0 unspecified atom stereocenters. The molecule has 3 aromatic rings. The summed E-state index contributed by atoms with van der Waals surface area (Å²) in [5.74, 6) is 0.0606. The van der Waals surface area contributed by atoms with Crippen LogP contribution in [0.25, 0.3) is 0 Å². The van der Waals surface area contributed by atoms with Gasteiger partial charge in [0, 0.05) is 30.1 Å². The van der Waals surface area contributed by atoms with Gasteiger partial charge in [-0.1, -0.05) is 73.0 Å². The number of rotatable bonds is 11. The Balaban J connectivity index is 1.51. The Morgan fingerprint density at radius 1 is 0.976 bits per heavy atom. The normalized spacial score (nSPS) is 15.3. The molecule has 0 spiro atoms. The monoisotopic (exact) mass is 611 g/mol. The molecule has 0 radical (unpaired) electrons. The van der Waals surface area contributed by atoms with Gasteiger partial charge in [-0.2, -0.15) is 0 Å². The minimum absolute atomic E-state index is 0.0207. The van der Waals surface area contributed by atoms with Crippen molar-refractivity contribution in [1.82, 2.24) is 10.2 Å². The summed E-state index contributed by atoms with van der Waals surface area (Å²) in [6.45, 7) is -0.475. The van der Waals surface area contributed by atoms with Gasteiger partial charge in [0.2, 0.25) is 28.6 Å². The van der Waals surface area contributed by atoms with Crippen molar-refractivity contribution < 1.29 is 27.5 Å². The number of hydrogen-bond acceptors (Lipinski definition) is 6. The molecule has 5 rings (SSSR count). The van der Waals surface area contributed by atoms with Crippen molar-refractivity contribution in [3.05, 3.63) is 88.9 Å². The third-order valence-corrected chi connectivity index (χ3v) is 9.10. The van der Waals surface area contributed by atoms with Gasteiger partial charge in [0.05, 0.1) is 11.9 Å². The fraction of sp³-hybridized carbons (Fsp3) is 0.355. The second-order valence-electron chi connectivity index (χ2n) is 10.6. The van der Waals surface area contributed by atoms with Gasteiger partial charge in [-0.3, -0.25) is 13.9 Å². The molecule has 0 bridgehead atoms. The van der Waals surface area contributed by atoms with Crippen LogP contribution >= 0.6 is 11.6 Å². The van der Waals surface area contributed by atoms with E-state index < -0.39 is 28.5 Å². The SMILES string of the molecule is CS(=O)(=O)N(CC(=O)N(Cc1ccccc1Cl)[C@@H](Cc1ccccc1)C(=O)NC1CCCC1)c1ccc2c(c1)OCO2. The van der Waals surface area contributed by atoms with Crippen molar-refractivity contribution in [1.29, 1.82) is 0 Å². The molecule has 2 aliphatic rings. The highest BCUT2D eigenvalue weighted by molar-refractivity contribution is 7.92. The Labute approximate surface area is 251 Å². The largest absolute Gasteiger partial charge is 0.454 e. The summed E-state index contributed by atoms with van der Waals surface area (Å²) in [5, 5.41) is 3.60. The van der Waals surface area contributed by atoms with E-state index in [-0.39, 0.29) is 37.4 Å². The number of ether oxygens (including phenoxy) is 2. The Kier molecular flexibility index (Phi) is 9.23. The second-order valence-corrected chi connectivity index (χ2v) is 12.9. The van der Waals surface area contributed by atoms with E-state index in [1.807, 2.05) is 36.4 Å². The van der Waals surface area contributed by atoms with Crippen LogP contribution in [0.4, 0.5) is 5.69 Å². The summed E-state index contributed by atoms with van der Waals surface area (Å²) < 4.78 is 37.8. The zero-order valence-electron chi connectivity index (χ0n) is 23.4. The Morgan fingerprint density at radius 2 is 1.67 bits per heavy atom. The molecule has 1 fully saturated rings. The van der Waals surface area contributed by atoms with Gasteiger partial charge in [0.1, 0.15) is 12.6 Å². The number of fused-ring (bicyclic) bond motifs is 1. The molecule has 3 aromatic carbocycles. The van der Waals surface area contributed by atoms with Gasteiger partial charge in [0.15, 0.2) is 11.5 Å². The molecule has 1 aliphatic carbocycles. The number of carbonyl (C=O) groups is 2. The average Bonchev–Trinajstić information content (AvgIpc) is 3.66. The van der Waals surface area contributed by atoms with Crippen LogP contribution < -0.4 is 19.1 Å². The first-order valence-electron chi connectivity index (χ1n) is 13.9. The van der Waals surface area contributed by atoms with Gasteiger partial charge >= 0.3 is 0 Å². The minimum atomic E-state index is -3.91. The van der Waals surface area contributed by atoms with Crippen molar-refractivity contribution in [2.45, 2.75) is 50.7 Å². The molecule has 222 valence electrons. The summed E-state index contributed by atoms with van der Waals surface area (Å²) in [6.07, 6.45) is 5.13.